The average Bonchev–Trinajstić information content (AvgIpc) is 2.13. The van der Waals surface area contributed by atoms with Crippen molar-refractivity contribution in [2.24, 2.45) is 0 Å². The Morgan fingerprint density at radius 2 is 2.54 bits per heavy atom. The standard InChI is InChI=1S/C10H18N2O/c1-3-4-11-5-6-12-7-8-13-10(2)9-12/h1,10-11H,4-9H2,2H3. The Bertz CT molecular complexity index is 176. The highest BCUT2D eigenvalue weighted by atomic mass is 16.5. The lowest BCUT2D eigenvalue weighted by molar-refractivity contribution is -0.0175. The maximum Gasteiger partial charge on any atom is 0.0674 e. The highest BCUT2D eigenvalue weighted by molar-refractivity contribution is 4.86. The van der Waals surface area contributed by atoms with Crippen molar-refractivity contribution < 1.29 is 4.74 Å². The van der Waals surface area contributed by atoms with Gasteiger partial charge < -0.3 is 10.1 Å². The molecule has 0 aromatic heterocycles. The van der Waals surface area contributed by atoms with Crippen LogP contribution in [0, 0.1) is 12.3 Å². The molecule has 1 fully saturated rings. The third kappa shape index (κ3) is 4.28. The zero-order chi connectivity index (χ0) is 9.52. The van der Waals surface area contributed by atoms with E-state index in [-0.39, 0.29) is 0 Å². The highest BCUT2D eigenvalue weighted by Gasteiger charge is 2.15. The normalized spacial score (nSPS) is 24.2. The average molecular weight is 182 g/mol. The van der Waals surface area contributed by atoms with Crippen molar-refractivity contribution in [3.63, 3.8) is 0 Å². The molecule has 0 aromatic rings. The van der Waals surface area contributed by atoms with Gasteiger partial charge in [0, 0.05) is 26.2 Å². The van der Waals surface area contributed by atoms with Gasteiger partial charge in [-0.3, -0.25) is 4.90 Å². The lowest BCUT2D eigenvalue weighted by Gasteiger charge is -2.30. The van der Waals surface area contributed by atoms with E-state index in [4.69, 9.17) is 11.2 Å². The van der Waals surface area contributed by atoms with E-state index in [1.54, 1.807) is 0 Å². The van der Waals surface area contributed by atoms with E-state index in [0.717, 1.165) is 32.8 Å². The van der Waals surface area contributed by atoms with Gasteiger partial charge in [0.25, 0.3) is 0 Å². The minimum Gasteiger partial charge on any atom is -0.376 e. The third-order valence-electron chi connectivity index (χ3n) is 2.16. The largest absolute Gasteiger partial charge is 0.376 e. The van der Waals surface area contributed by atoms with Crippen LogP contribution in [0.1, 0.15) is 6.92 Å². The molecule has 3 nitrogen and oxygen atoms in total. The van der Waals surface area contributed by atoms with E-state index in [2.05, 4.69) is 23.1 Å². The SMILES string of the molecule is C#CCNCCN1CCOC(C)C1. The lowest BCUT2D eigenvalue weighted by Crippen LogP contribution is -2.43. The number of morpholine rings is 1. The first-order valence-electron chi connectivity index (χ1n) is 4.81. The molecule has 3 heteroatoms. The predicted molar refractivity (Wildman–Crippen MR) is 53.6 cm³/mol. The molecule has 13 heavy (non-hydrogen) atoms. The van der Waals surface area contributed by atoms with Crippen molar-refractivity contribution >= 4 is 0 Å². The molecule has 0 radical (unpaired) electrons. The second-order valence-electron chi connectivity index (χ2n) is 3.36. The highest BCUT2D eigenvalue weighted by Crippen LogP contribution is 2.02. The Hall–Kier alpha value is -0.560. The maximum absolute atomic E-state index is 5.44. The van der Waals surface area contributed by atoms with Gasteiger partial charge in [-0.05, 0) is 6.92 Å². The summed E-state index contributed by atoms with van der Waals surface area (Å²) in [5, 5.41) is 3.18. The summed E-state index contributed by atoms with van der Waals surface area (Å²) in [6, 6.07) is 0. The maximum atomic E-state index is 5.44. The number of nitrogens with zero attached hydrogens (tertiary/aromatic N) is 1. The van der Waals surface area contributed by atoms with E-state index in [1.165, 1.54) is 0 Å². The summed E-state index contributed by atoms with van der Waals surface area (Å²) in [5.41, 5.74) is 0. The van der Waals surface area contributed by atoms with E-state index in [9.17, 15) is 0 Å². The molecule has 0 bridgehead atoms. The zero-order valence-electron chi connectivity index (χ0n) is 8.25. The Balaban J connectivity index is 2.04. The van der Waals surface area contributed by atoms with Gasteiger partial charge in [0.2, 0.25) is 0 Å². The van der Waals surface area contributed by atoms with Gasteiger partial charge in [0.05, 0.1) is 19.3 Å². The summed E-state index contributed by atoms with van der Waals surface area (Å²) in [6.07, 6.45) is 5.50. The molecule has 74 valence electrons. The molecule has 0 aromatic carbocycles. The van der Waals surface area contributed by atoms with Crippen molar-refractivity contribution in [1.82, 2.24) is 10.2 Å². The molecular formula is C10H18N2O. The van der Waals surface area contributed by atoms with Crippen LogP contribution >= 0.6 is 0 Å². The van der Waals surface area contributed by atoms with Gasteiger partial charge in [-0.15, -0.1) is 6.42 Å². The van der Waals surface area contributed by atoms with E-state index in [0.29, 0.717) is 12.6 Å². The quantitative estimate of drug-likeness (QED) is 0.486. The monoisotopic (exact) mass is 182 g/mol. The van der Waals surface area contributed by atoms with Gasteiger partial charge in [-0.25, -0.2) is 0 Å². The molecule has 0 saturated carbocycles. The van der Waals surface area contributed by atoms with E-state index < -0.39 is 0 Å². The first kappa shape index (κ1) is 10.5. The van der Waals surface area contributed by atoms with Crippen LogP contribution in [0.25, 0.3) is 0 Å². The molecule has 1 aliphatic rings. The lowest BCUT2D eigenvalue weighted by atomic mass is 10.3. The van der Waals surface area contributed by atoms with Crippen LogP contribution in [0.5, 0.6) is 0 Å². The number of hydrogen-bond donors (Lipinski definition) is 1. The minimum atomic E-state index is 0.376. The van der Waals surface area contributed by atoms with E-state index >= 15 is 0 Å². The number of nitrogens with one attached hydrogen (secondary N) is 1. The Morgan fingerprint density at radius 1 is 1.69 bits per heavy atom. The number of hydrogen-bond acceptors (Lipinski definition) is 3. The third-order valence-corrected chi connectivity index (χ3v) is 2.16. The number of terminal acetylenes is 1. The molecule has 1 atom stereocenters. The predicted octanol–water partition coefficient (Wildman–Crippen LogP) is -0.0701. The molecule has 0 amide bonds. The summed E-state index contributed by atoms with van der Waals surface area (Å²) in [7, 11) is 0. The van der Waals surface area contributed by atoms with Gasteiger partial charge in [0.1, 0.15) is 0 Å². The fraction of sp³-hybridized carbons (Fsp3) is 0.800. The van der Waals surface area contributed by atoms with Crippen molar-refractivity contribution in [3.8, 4) is 12.3 Å². The first-order chi connectivity index (χ1) is 6.33. The smallest absolute Gasteiger partial charge is 0.0674 e. The second-order valence-corrected chi connectivity index (χ2v) is 3.36. The Kier molecular flexibility index (Phi) is 4.84. The van der Waals surface area contributed by atoms with Gasteiger partial charge in [0.15, 0.2) is 0 Å². The first-order valence-corrected chi connectivity index (χ1v) is 4.81. The molecule has 1 rings (SSSR count). The van der Waals surface area contributed by atoms with Gasteiger partial charge in [-0.2, -0.15) is 0 Å². The Morgan fingerprint density at radius 3 is 3.23 bits per heavy atom. The second kappa shape index (κ2) is 5.98. The molecule has 1 unspecified atom stereocenters. The molecule has 0 aliphatic carbocycles. The summed E-state index contributed by atoms with van der Waals surface area (Å²) in [4.78, 5) is 2.40. The fourth-order valence-electron chi connectivity index (χ4n) is 1.49. The van der Waals surface area contributed by atoms with Crippen molar-refractivity contribution in [2.45, 2.75) is 13.0 Å². The number of rotatable bonds is 4. The zero-order valence-corrected chi connectivity index (χ0v) is 8.25. The summed E-state index contributed by atoms with van der Waals surface area (Å²) >= 11 is 0. The van der Waals surface area contributed by atoms with Crippen LogP contribution in [0.2, 0.25) is 0 Å². The molecule has 1 N–H and O–H groups in total. The van der Waals surface area contributed by atoms with Crippen LogP contribution in [0.3, 0.4) is 0 Å². The van der Waals surface area contributed by atoms with Crippen LogP contribution in [0.15, 0.2) is 0 Å². The summed E-state index contributed by atoms with van der Waals surface area (Å²) in [5.74, 6) is 2.56. The van der Waals surface area contributed by atoms with Gasteiger partial charge in [-0.1, -0.05) is 5.92 Å². The molecule has 0 spiro atoms. The van der Waals surface area contributed by atoms with Crippen molar-refractivity contribution in [1.29, 1.82) is 0 Å². The minimum absolute atomic E-state index is 0.376. The molecule has 1 saturated heterocycles. The topological polar surface area (TPSA) is 24.5 Å². The Labute approximate surface area is 80.4 Å². The molecular weight excluding hydrogens is 164 g/mol. The van der Waals surface area contributed by atoms with Crippen molar-refractivity contribution in [3.05, 3.63) is 0 Å². The number of ether oxygens (including phenoxy) is 1. The fourth-order valence-corrected chi connectivity index (χ4v) is 1.49. The van der Waals surface area contributed by atoms with Crippen LogP contribution in [-0.2, 0) is 4.74 Å². The van der Waals surface area contributed by atoms with Crippen LogP contribution in [-0.4, -0.2) is 50.3 Å². The molecule has 1 aliphatic heterocycles. The summed E-state index contributed by atoms with van der Waals surface area (Å²) in [6.45, 7) is 7.75. The van der Waals surface area contributed by atoms with Crippen molar-refractivity contribution in [2.75, 3.05) is 39.3 Å². The van der Waals surface area contributed by atoms with Crippen LogP contribution in [0.4, 0.5) is 0 Å². The van der Waals surface area contributed by atoms with Gasteiger partial charge >= 0.3 is 0 Å². The summed E-state index contributed by atoms with van der Waals surface area (Å²) < 4.78 is 5.44. The molecule has 1 heterocycles. The van der Waals surface area contributed by atoms with E-state index in [1.807, 2.05) is 0 Å². The van der Waals surface area contributed by atoms with Crippen LogP contribution < -0.4 is 5.32 Å².